The Morgan fingerprint density at radius 1 is 1.31 bits per heavy atom. The molecule has 3 heteroatoms. The topological polar surface area (TPSA) is 15.3 Å². The number of hydrogen-bond donors (Lipinski definition) is 1. The molecule has 1 aromatic carbocycles. The molecule has 1 aliphatic rings. The van der Waals surface area contributed by atoms with Gasteiger partial charge in [0.1, 0.15) is 0 Å². The highest BCUT2D eigenvalue weighted by atomic mass is 35.5. The summed E-state index contributed by atoms with van der Waals surface area (Å²) in [6.45, 7) is 4.55. The Morgan fingerprint density at radius 3 is 2.56 bits per heavy atom. The van der Waals surface area contributed by atoms with Crippen molar-refractivity contribution in [3.63, 3.8) is 0 Å². The van der Waals surface area contributed by atoms with Gasteiger partial charge in [-0.15, -0.1) is 0 Å². The lowest BCUT2D eigenvalue weighted by atomic mass is 9.93. The zero-order chi connectivity index (χ0) is 11.5. The quantitative estimate of drug-likeness (QED) is 0.853. The van der Waals surface area contributed by atoms with Crippen molar-refractivity contribution in [3.05, 3.63) is 29.3 Å². The van der Waals surface area contributed by atoms with Crippen LogP contribution in [0.5, 0.6) is 0 Å². The molecule has 1 aromatic rings. The second-order valence-electron chi connectivity index (χ2n) is 4.58. The van der Waals surface area contributed by atoms with Crippen LogP contribution in [0, 0.1) is 5.92 Å². The molecule has 1 heterocycles. The van der Waals surface area contributed by atoms with Crippen molar-refractivity contribution in [3.8, 4) is 0 Å². The number of anilines is 1. The van der Waals surface area contributed by atoms with Gasteiger partial charge in [0, 0.05) is 29.8 Å². The third kappa shape index (κ3) is 2.50. The van der Waals surface area contributed by atoms with E-state index in [4.69, 9.17) is 11.6 Å². The molecule has 0 amide bonds. The smallest absolute Gasteiger partial charge is 0.0407 e. The highest BCUT2D eigenvalue weighted by Crippen LogP contribution is 2.24. The summed E-state index contributed by atoms with van der Waals surface area (Å²) in [5.74, 6) is 0.689. The van der Waals surface area contributed by atoms with E-state index in [0.717, 1.165) is 18.1 Å². The molecule has 88 valence electrons. The van der Waals surface area contributed by atoms with Gasteiger partial charge in [0.2, 0.25) is 0 Å². The number of rotatable bonds is 2. The van der Waals surface area contributed by atoms with Crippen LogP contribution in [-0.2, 0) is 0 Å². The van der Waals surface area contributed by atoms with Crippen LogP contribution in [0.4, 0.5) is 5.69 Å². The molecule has 0 aliphatic carbocycles. The lowest BCUT2D eigenvalue weighted by molar-refractivity contribution is 0.339. The van der Waals surface area contributed by atoms with Gasteiger partial charge in [-0.25, -0.2) is 0 Å². The van der Waals surface area contributed by atoms with E-state index in [9.17, 15) is 0 Å². The SMILES string of the molecule is CNC1CCN(c2ccc(Cl)cc2)CC1C. The first-order valence-corrected chi connectivity index (χ1v) is 6.26. The van der Waals surface area contributed by atoms with Gasteiger partial charge in [-0.3, -0.25) is 0 Å². The Balaban J connectivity index is 2.04. The predicted octanol–water partition coefficient (Wildman–Crippen LogP) is 2.77. The Morgan fingerprint density at radius 2 is 2.00 bits per heavy atom. The summed E-state index contributed by atoms with van der Waals surface area (Å²) in [7, 11) is 2.05. The van der Waals surface area contributed by atoms with Gasteiger partial charge >= 0.3 is 0 Å². The monoisotopic (exact) mass is 238 g/mol. The summed E-state index contributed by atoms with van der Waals surface area (Å²) in [5.41, 5.74) is 1.28. The number of halogens is 1. The summed E-state index contributed by atoms with van der Waals surface area (Å²) in [6, 6.07) is 8.80. The Labute approximate surface area is 103 Å². The second kappa shape index (κ2) is 5.07. The number of nitrogens with zero attached hydrogens (tertiary/aromatic N) is 1. The molecule has 2 unspecified atom stereocenters. The van der Waals surface area contributed by atoms with Crippen LogP contribution < -0.4 is 10.2 Å². The first-order chi connectivity index (χ1) is 7.70. The van der Waals surface area contributed by atoms with Crippen LogP contribution in [-0.4, -0.2) is 26.2 Å². The van der Waals surface area contributed by atoms with E-state index >= 15 is 0 Å². The summed E-state index contributed by atoms with van der Waals surface area (Å²) in [4.78, 5) is 2.44. The maximum atomic E-state index is 5.90. The molecule has 0 saturated carbocycles. The fourth-order valence-electron chi connectivity index (χ4n) is 2.46. The highest BCUT2D eigenvalue weighted by Gasteiger charge is 2.24. The molecule has 0 aromatic heterocycles. The molecule has 1 N–H and O–H groups in total. The third-order valence-corrected chi connectivity index (χ3v) is 3.72. The summed E-state index contributed by atoms with van der Waals surface area (Å²) >= 11 is 5.90. The average Bonchev–Trinajstić information content (AvgIpc) is 2.30. The van der Waals surface area contributed by atoms with E-state index in [1.807, 2.05) is 12.1 Å². The number of nitrogens with one attached hydrogen (secondary N) is 1. The van der Waals surface area contributed by atoms with Crippen LogP contribution in [0.2, 0.25) is 5.02 Å². The number of hydrogen-bond acceptors (Lipinski definition) is 2. The van der Waals surface area contributed by atoms with Crippen molar-refractivity contribution in [2.24, 2.45) is 5.92 Å². The van der Waals surface area contributed by atoms with Crippen LogP contribution in [0.15, 0.2) is 24.3 Å². The largest absolute Gasteiger partial charge is 0.371 e. The fraction of sp³-hybridized carbons (Fsp3) is 0.538. The zero-order valence-electron chi connectivity index (χ0n) is 9.91. The minimum absolute atomic E-state index is 0.656. The van der Waals surface area contributed by atoms with Crippen LogP contribution in [0.3, 0.4) is 0 Å². The lowest BCUT2D eigenvalue weighted by Gasteiger charge is -2.38. The highest BCUT2D eigenvalue weighted by molar-refractivity contribution is 6.30. The first kappa shape index (κ1) is 11.7. The number of piperidine rings is 1. The third-order valence-electron chi connectivity index (χ3n) is 3.47. The molecule has 0 radical (unpaired) electrons. The van der Waals surface area contributed by atoms with Crippen molar-refractivity contribution in [2.75, 3.05) is 25.0 Å². The van der Waals surface area contributed by atoms with Crippen molar-refractivity contribution in [1.82, 2.24) is 5.32 Å². The van der Waals surface area contributed by atoms with Gasteiger partial charge < -0.3 is 10.2 Å². The average molecular weight is 239 g/mol. The molecule has 0 bridgehead atoms. The molecule has 1 fully saturated rings. The Hall–Kier alpha value is -0.730. The molecular weight excluding hydrogens is 220 g/mol. The molecule has 2 nitrogen and oxygen atoms in total. The fourth-order valence-corrected chi connectivity index (χ4v) is 2.59. The van der Waals surface area contributed by atoms with Gasteiger partial charge in [0.05, 0.1) is 0 Å². The summed E-state index contributed by atoms with van der Waals surface area (Å²) in [6.07, 6.45) is 1.21. The molecule has 1 saturated heterocycles. The van der Waals surface area contributed by atoms with Gasteiger partial charge in [-0.1, -0.05) is 18.5 Å². The molecule has 2 atom stereocenters. The minimum Gasteiger partial charge on any atom is -0.371 e. The molecule has 16 heavy (non-hydrogen) atoms. The molecular formula is C13H19ClN2. The van der Waals surface area contributed by atoms with E-state index < -0.39 is 0 Å². The molecule has 1 aliphatic heterocycles. The van der Waals surface area contributed by atoms with E-state index in [2.05, 4.69) is 36.3 Å². The summed E-state index contributed by atoms with van der Waals surface area (Å²) < 4.78 is 0. The van der Waals surface area contributed by atoms with Gasteiger partial charge in [-0.2, -0.15) is 0 Å². The Kier molecular flexibility index (Phi) is 3.72. The van der Waals surface area contributed by atoms with Crippen LogP contribution in [0.25, 0.3) is 0 Å². The Bertz CT molecular complexity index is 336. The minimum atomic E-state index is 0.656. The number of benzene rings is 1. The van der Waals surface area contributed by atoms with Gasteiger partial charge in [-0.05, 0) is 43.7 Å². The lowest BCUT2D eigenvalue weighted by Crippen LogP contribution is -2.47. The van der Waals surface area contributed by atoms with E-state index in [1.54, 1.807) is 0 Å². The van der Waals surface area contributed by atoms with E-state index in [1.165, 1.54) is 12.1 Å². The first-order valence-electron chi connectivity index (χ1n) is 5.88. The van der Waals surface area contributed by atoms with Crippen molar-refractivity contribution < 1.29 is 0 Å². The molecule has 2 rings (SSSR count). The van der Waals surface area contributed by atoms with Crippen molar-refractivity contribution in [1.29, 1.82) is 0 Å². The standard InChI is InChI=1S/C13H19ClN2/c1-10-9-16(8-7-13(10)15-2)12-5-3-11(14)4-6-12/h3-6,10,13,15H,7-9H2,1-2H3. The van der Waals surface area contributed by atoms with Crippen molar-refractivity contribution in [2.45, 2.75) is 19.4 Å². The zero-order valence-corrected chi connectivity index (χ0v) is 10.7. The van der Waals surface area contributed by atoms with Gasteiger partial charge in [0.15, 0.2) is 0 Å². The van der Waals surface area contributed by atoms with Crippen LogP contribution >= 0.6 is 11.6 Å². The van der Waals surface area contributed by atoms with Crippen LogP contribution in [0.1, 0.15) is 13.3 Å². The maximum Gasteiger partial charge on any atom is 0.0407 e. The normalized spacial score (nSPS) is 25.8. The maximum absolute atomic E-state index is 5.90. The van der Waals surface area contributed by atoms with E-state index in [0.29, 0.717) is 12.0 Å². The van der Waals surface area contributed by atoms with Gasteiger partial charge in [0.25, 0.3) is 0 Å². The molecule has 0 spiro atoms. The summed E-state index contributed by atoms with van der Waals surface area (Å²) in [5, 5.41) is 4.19. The van der Waals surface area contributed by atoms with E-state index in [-0.39, 0.29) is 0 Å². The second-order valence-corrected chi connectivity index (χ2v) is 5.02. The van der Waals surface area contributed by atoms with Crippen molar-refractivity contribution >= 4 is 17.3 Å². The predicted molar refractivity (Wildman–Crippen MR) is 70.3 cm³/mol.